The molecule has 0 spiro atoms. The molecule has 0 saturated carbocycles. The number of rotatable bonds is 6. The van der Waals surface area contributed by atoms with Crippen molar-refractivity contribution in [1.29, 1.82) is 0 Å². The smallest absolute Gasteiger partial charge is 0.146 e. The number of hydrogen-bond acceptors (Lipinski definition) is 5. The topological polar surface area (TPSA) is 41.1 Å². The first-order valence-corrected chi connectivity index (χ1v) is 7.75. The molecule has 2 rings (SSSR count). The first-order valence-electron chi connectivity index (χ1n) is 6.87. The molecule has 2 heterocycles. The van der Waals surface area contributed by atoms with Crippen molar-refractivity contribution in [2.75, 3.05) is 18.4 Å². The van der Waals surface area contributed by atoms with Gasteiger partial charge in [0.25, 0.3) is 0 Å². The van der Waals surface area contributed by atoms with Crippen LogP contribution >= 0.6 is 11.3 Å². The summed E-state index contributed by atoms with van der Waals surface area (Å²) in [5.74, 6) is 1.87. The van der Waals surface area contributed by atoms with Crippen molar-refractivity contribution in [1.82, 2.24) is 14.9 Å². The van der Waals surface area contributed by atoms with E-state index in [2.05, 4.69) is 59.3 Å². The lowest BCUT2D eigenvalue weighted by Gasteiger charge is -2.23. The molecular weight excluding hydrogens is 256 g/mol. The highest BCUT2D eigenvalue weighted by Crippen LogP contribution is 2.25. The molecule has 19 heavy (non-hydrogen) atoms. The lowest BCUT2D eigenvalue weighted by atomic mass is 10.3. The largest absolute Gasteiger partial charge is 0.370 e. The zero-order valence-electron chi connectivity index (χ0n) is 12.1. The molecule has 0 aromatic carbocycles. The van der Waals surface area contributed by atoms with Gasteiger partial charge in [-0.05, 0) is 38.8 Å². The molecule has 4 nitrogen and oxygen atoms in total. The van der Waals surface area contributed by atoms with Crippen molar-refractivity contribution in [2.24, 2.45) is 0 Å². The van der Waals surface area contributed by atoms with Gasteiger partial charge >= 0.3 is 0 Å². The van der Waals surface area contributed by atoms with Crippen molar-refractivity contribution in [3.05, 3.63) is 17.3 Å². The molecule has 0 bridgehead atoms. The van der Waals surface area contributed by atoms with Gasteiger partial charge in [0.1, 0.15) is 16.5 Å². The van der Waals surface area contributed by atoms with Gasteiger partial charge in [0.15, 0.2) is 0 Å². The molecule has 104 valence electrons. The van der Waals surface area contributed by atoms with E-state index in [0.29, 0.717) is 6.04 Å². The maximum atomic E-state index is 4.68. The van der Waals surface area contributed by atoms with Crippen molar-refractivity contribution in [2.45, 2.75) is 40.3 Å². The lowest BCUT2D eigenvalue weighted by molar-refractivity contribution is 0.219. The van der Waals surface area contributed by atoms with Crippen molar-refractivity contribution in [3.63, 3.8) is 0 Å². The number of nitrogens with one attached hydrogen (secondary N) is 1. The number of nitrogens with zero attached hydrogens (tertiary/aromatic N) is 3. The summed E-state index contributed by atoms with van der Waals surface area (Å²) >= 11 is 1.67. The summed E-state index contributed by atoms with van der Waals surface area (Å²) < 4.78 is 0. The second-order valence-corrected chi connectivity index (χ2v) is 5.71. The van der Waals surface area contributed by atoms with Gasteiger partial charge in [-0.3, -0.25) is 4.90 Å². The Hall–Kier alpha value is -1.20. The average Bonchev–Trinajstić information content (AvgIpc) is 2.84. The molecule has 0 atom stereocenters. The van der Waals surface area contributed by atoms with E-state index in [1.807, 2.05) is 0 Å². The van der Waals surface area contributed by atoms with Crippen LogP contribution in [0.25, 0.3) is 10.2 Å². The van der Waals surface area contributed by atoms with E-state index >= 15 is 0 Å². The molecule has 0 unspecified atom stereocenters. The maximum Gasteiger partial charge on any atom is 0.146 e. The standard InChI is InChI=1S/C14H22N4S/c1-5-15-13-11-7-8-19-14(11)17-12(16-13)9-18(6-2)10(3)4/h7-8,10H,5-6,9H2,1-4H3,(H,15,16,17). The van der Waals surface area contributed by atoms with Crippen LogP contribution in [0.5, 0.6) is 0 Å². The molecule has 0 saturated heterocycles. The molecule has 0 aliphatic heterocycles. The molecule has 0 radical (unpaired) electrons. The molecular formula is C14H22N4S. The quantitative estimate of drug-likeness (QED) is 0.879. The highest BCUT2D eigenvalue weighted by molar-refractivity contribution is 7.16. The van der Waals surface area contributed by atoms with Crippen LogP contribution in [0, 0.1) is 0 Å². The van der Waals surface area contributed by atoms with Crippen molar-refractivity contribution >= 4 is 27.4 Å². The summed E-state index contributed by atoms with van der Waals surface area (Å²) in [7, 11) is 0. The molecule has 0 fully saturated rings. The molecule has 2 aromatic rings. The van der Waals surface area contributed by atoms with Crippen LogP contribution in [0.2, 0.25) is 0 Å². The van der Waals surface area contributed by atoms with Crippen LogP contribution in [-0.2, 0) is 6.54 Å². The third-order valence-electron chi connectivity index (χ3n) is 3.20. The van der Waals surface area contributed by atoms with Gasteiger partial charge in [-0.2, -0.15) is 0 Å². The van der Waals surface area contributed by atoms with E-state index in [1.54, 1.807) is 11.3 Å². The van der Waals surface area contributed by atoms with E-state index in [9.17, 15) is 0 Å². The Bertz CT molecular complexity index is 535. The predicted molar refractivity (Wildman–Crippen MR) is 82.8 cm³/mol. The SMILES string of the molecule is CCNc1nc(CN(CC)C(C)C)nc2sccc12. The molecule has 2 aromatic heterocycles. The fourth-order valence-electron chi connectivity index (χ4n) is 2.11. The Morgan fingerprint density at radius 3 is 2.74 bits per heavy atom. The van der Waals surface area contributed by atoms with Crippen molar-refractivity contribution < 1.29 is 0 Å². The second kappa shape index (κ2) is 6.30. The zero-order chi connectivity index (χ0) is 13.8. The fraction of sp³-hybridized carbons (Fsp3) is 0.571. The highest BCUT2D eigenvalue weighted by atomic mass is 32.1. The summed E-state index contributed by atoms with van der Waals surface area (Å²) in [6.07, 6.45) is 0. The number of thiophene rings is 1. The number of hydrogen-bond donors (Lipinski definition) is 1. The molecule has 0 aliphatic carbocycles. The first-order chi connectivity index (χ1) is 9.15. The van der Waals surface area contributed by atoms with E-state index in [4.69, 9.17) is 0 Å². The third kappa shape index (κ3) is 3.22. The predicted octanol–water partition coefficient (Wildman–Crippen LogP) is 3.35. The number of aromatic nitrogens is 2. The Kier molecular flexibility index (Phi) is 4.71. The van der Waals surface area contributed by atoms with Gasteiger partial charge in [0.2, 0.25) is 0 Å². The summed E-state index contributed by atoms with van der Waals surface area (Å²) in [6.45, 7) is 11.4. The summed E-state index contributed by atoms with van der Waals surface area (Å²) in [5.41, 5.74) is 0. The average molecular weight is 278 g/mol. The summed E-state index contributed by atoms with van der Waals surface area (Å²) in [5, 5.41) is 6.54. The Balaban J connectivity index is 2.32. The van der Waals surface area contributed by atoms with Crippen LogP contribution in [-0.4, -0.2) is 34.0 Å². The van der Waals surface area contributed by atoms with Gasteiger partial charge in [-0.25, -0.2) is 9.97 Å². The minimum atomic E-state index is 0.509. The Labute approximate surface area is 118 Å². The third-order valence-corrected chi connectivity index (χ3v) is 4.00. The number of anilines is 1. The van der Waals surface area contributed by atoms with Crippen LogP contribution in [0.1, 0.15) is 33.5 Å². The normalized spacial score (nSPS) is 11.7. The Morgan fingerprint density at radius 2 is 2.11 bits per heavy atom. The van der Waals surface area contributed by atoms with Crippen LogP contribution in [0.3, 0.4) is 0 Å². The van der Waals surface area contributed by atoms with E-state index in [-0.39, 0.29) is 0 Å². The van der Waals surface area contributed by atoms with Gasteiger partial charge in [0.05, 0.1) is 11.9 Å². The minimum absolute atomic E-state index is 0.509. The Morgan fingerprint density at radius 1 is 1.32 bits per heavy atom. The fourth-order valence-corrected chi connectivity index (χ4v) is 2.90. The summed E-state index contributed by atoms with van der Waals surface area (Å²) in [4.78, 5) is 12.8. The first kappa shape index (κ1) is 14.2. The van der Waals surface area contributed by atoms with Gasteiger partial charge in [-0.1, -0.05) is 6.92 Å². The van der Waals surface area contributed by atoms with E-state index in [0.717, 1.165) is 41.5 Å². The monoisotopic (exact) mass is 278 g/mol. The highest BCUT2D eigenvalue weighted by Gasteiger charge is 2.13. The molecule has 0 aliphatic rings. The molecule has 5 heteroatoms. The van der Waals surface area contributed by atoms with Gasteiger partial charge < -0.3 is 5.32 Å². The maximum absolute atomic E-state index is 4.68. The molecule has 0 amide bonds. The van der Waals surface area contributed by atoms with Gasteiger partial charge in [-0.15, -0.1) is 11.3 Å². The van der Waals surface area contributed by atoms with Crippen LogP contribution < -0.4 is 5.32 Å². The number of fused-ring (bicyclic) bond motifs is 1. The zero-order valence-corrected chi connectivity index (χ0v) is 12.9. The van der Waals surface area contributed by atoms with E-state index in [1.165, 1.54) is 0 Å². The minimum Gasteiger partial charge on any atom is -0.370 e. The van der Waals surface area contributed by atoms with Gasteiger partial charge in [0, 0.05) is 12.6 Å². The van der Waals surface area contributed by atoms with Crippen molar-refractivity contribution in [3.8, 4) is 0 Å². The molecule has 1 N–H and O–H groups in total. The summed E-state index contributed by atoms with van der Waals surface area (Å²) in [6, 6.07) is 2.59. The van der Waals surface area contributed by atoms with Crippen LogP contribution in [0.4, 0.5) is 5.82 Å². The van der Waals surface area contributed by atoms with Crippen LogP contribution in [0.15, 0.2) is 11.4 Å². The lowest BCUT2D eigenvalue weighted by Crippen LogP contribution is -2.30. The van der Waals surface area contributed by atoms with E-state index < -0.39 is 0 Å². The second-order valence-electron chi connectivity index (χ2n) is 4.82.